The lowest BCUT2D eigenvalue weighted by Crippen LogP contribution is -2.36. The predicted octanol–water partition coefficient (Wildman–Crippen LogP) is 3.23. The first kappa shape index (κ1) is 17.9. The lowest BCUT2D eigenvalue weighted by atomic mass is 10.1. The summed E-state index contributed by atoms with van der Waals surface area (Å²) in [5, 5.41) is 0. The minimum Gasteiger partial charge on any atom is -0.496 e. The zero-order valence-electron chi connectivity index (χ0n) is 12.6. The van der Waals surface area contributed by atoms with Crippen molar-refractivity contribution in [2.75, 3.05) is 20.2 Å². The number of nitrogens with two attached hydrogens (primary N) is 1. The van der Waals surface area contributed by atoms with Crippen LogP contribution in [0.5, 0.6) is 5.75 Å². The Kier molecular flexibility index (Phi) is 7.11. The van der Waals surface area contributed by atoms with Crippen LogP contribution in [-0.2, 0) is 0 Å². The van der Waals surface area contributed by atoms with Crippen LogP contribution in [0.15, 0.2) is 22.7 Å². The summed E-state index contributed by atoms with van der Waals surface area (Å²) in [6.45, 7) is 5.36. The average Bonchev–Trinajstić information content (AvgIpc) is 2.42. The van der Waals surface area contributed by atoms with E-state index in [4.69, 9.17) is 22.7 Å². The highest BCUT2D eigenvalue weighted by atomic mass is 79.9. The third kappa shape index (κ3) is 5.63. The molecule has 4 nitrogen and oxygen atoms in total. The fourth-order valence-corrected chi connectivity index (χ4v) is 2.58. The minimum atomic E-state index is -0.0247. The molecule has 0 unspecified atom stereocenters. The number of halogens is 1. The van der Waals surface area contributed by atoms with E-state index >= 15 is 0 Å². The maximum atomic E-state index is 12.6. The Morgan fingerprint density at radius 1 is 1.48 bits per heavy atom. The van der Waals surface area contributed by atoms with Crippen LogP contribution < -0.4 is 10.5 Å². The van der Waals surface area contributed by atoms with Crippen molar-refractivity contribution < 1.29 is 9.53 Å². The van der Waals surface area contributed by atoms with Crippen molar-refractivity contribution >= 4 is 39.0 Å². The van der Waals surface area contributed by atoms with Gasteiger partial charge in [-0.25, -0.2) is 0 Å². The Labute approximate surface area is 139 Å². The largest absolute Gasteiger partial charge is 0.496 e. The normalized spacial score (nSPS) is 10.5. The highest BCUT2D eigenvalue weighted by Crippen LogP contribution is 2.26. The molecule has 0 radical (unpaired) electrons. The fraction of sp³-hybridized carbons (Fsp3) is 0.467. The third-order valence-corrected chi connectivity index (χ3v) is 3.72. The van der Waals surface area contributed by atoms with Crippen molar-refractivity contribution in [2.45, 2.75) is 20.3 Å². The number of nitrogens with zero attached hydrogens (tertiary/aromatic N) is 1. The summed E-state index contributed by atoms with van der Waals surface area (Å²) in [6, 6.07) is 5.31. The second kappa shape index (κ2) is 8.34. The van der Waals surface area contributed by atoms with Crippen molar-refractivity contribution in [2.24, 2.45) is 11.7 Å². The smallest absolute Gasteiger partial charge is 0.253 e. The summed E-state index contributed by atoms with van der Waals surface area (Å²) < 4.78 is 5.94. The molecule has 0 saturated carbocycles. The number of carbonyl (C=O) groups is 1. The van der Waals surface area contributed by atoms with Crippen LogP contribution >= 0.6 is 28.1 Å². The number of rotatable bonds is 7. The Hall–Kier alpha value is -1.14. The summed E-state index contributed by atoms with van der Waals surface area (Å²) in [5.74, 6) is 1.05. The van der Waals surface area contributed by atoms with Gasteiger partial charge in [0.15, 0.2) is 0 Å². The van der Waals surface area contributed by atoms with E-state index in [0.717, 1.165) is 4.47 Å². The van der Waals surface area contributed by atoms with Crippen LogP contribution in [0.25, 0.3) is 0 Å². The maximum absolute atomic E-state index is 12.6. The van der Waals surface area contributed by atoms with E-state index in [9.17, 15) is 4.79 Å². The van der Waals surface area contributed by atoms with Crippen LogP contribution in [0.4, 0.5) is 0 Å². The molecule has 1 rings (SSSR count). The molecule has 0 saturated heterocycles. The SMILES string of the molecule is COc1ccc(C(=O)N(CCC(N)=S)CC(C)C)cc1Br. The second-order valence-corrected chi connectivity index (χ2v) is 6.59. The molecule has 0 heterocycles. The van der Waals surface area contributed by atoms with Gasteiger partial charge in [0.25, 0.3) is 5.91 Å². The molecule has 1 aromatic carbocycles. The van der Waals surface area contributed by atoms with Gasteiger partial charge in [-0.15, -0.1) is 0 Å². The highest BCUT2D eigenvalue weighted by molar-refractivity contribution is 9.10. The van der Waals surface area contributed by atoms with Crippen molar-refractivity contribution in [3.63, 3.8) is 0 Å². The molecule has 1 amide bonds. The standard InChI is InChI=1S/C15H21BrN2O2S/c1-10(2)9-18(7-6-14(17)21)15(19)11-4-5-13(20-3)12(16)8-11/h4-5,8,10H,6-7,9H2,1-3H3,(H2,17,21). The van der Waals surface area contributed by atoms with Gasteiger partial charge in [-0.05, 0) is 40.0 Å². The molecule has 0 bridgehead atoms. The molecule has 0 fully saturated rings. The number of methoxy groups -OCH3 is 1. The van der Waals surface area contributed by atoms with Crippen molar-refractivity contribution in [1.29, 1.82) is 0 Å². The Morgan fingerprint density at radius 2 is 2.14 bits per heavy atom. The average molecular weight is 373 g/mol. The molecule has 6 heteroatoms. The zero-order valence-corrected chi connectivity index (χ0v) is 15.0. The van der Waals surface area contributed by atoms with Crippen LogP contribution in [0, 0.1) is 5.92 Å². The van der Waals surface area contributed by atoms with Gasteiger partial charge in [-0.3, -0.25) is 4.79 Å². The Morgan fingerprint density at radius 3 is 2.62 bits per heavy atom. The molecule has 0 atom stereocenters. The first-order valence-electron chi connectivity index (χ1n) is 6.76. The van der Waals surface area contributed by atoms with Gasteiger partial charge in [0.2, 0.25) is 0 Å². The van der Waals surface area contributed by atoms with Gasteiger partial charge in [-0.2, -0.15) is 0 Å². The molecule has 21 heavy (non-hydrogen) atoms. The number of benzene rings is 1. The van der Waals surface area contributed by atoms with Gasteiger partial charge < -0.3 is 15.4 Å². The third-order valence-electron chi connectivity index (χ3n) is 2.90. The number of hydrogen-bond donors (Lipinski definition) is 1. The van der Waals surface area contributed by atoms with E-state index in [-0.39, 0.29) is 5.91 Å². The quantitative estimate of drug-likeness (QED) is 0.746. The molecular formula is C15H21BrN2O2S. The number of amides is 1. The monoisotopic (exact) mass is 372 g/mol. The minimum absolute atomic E-state index is 0.0247. The topological polar surface area (TPSA) is 55.6 Å². The van der Waals surface area contributed by atoms with Crippen molar-refractivity contribution in [3.8, 4) is 5.75 Å². The Balaban J connectivity index is 2.92. The van der Waals surface area contributed by atoms with Gasteiger partial charge in [0, 0.05) is 25.1 Å². The van der Waals surface area contributed by atoms with Crippen LogP contribution in [-0.4, -0.2) is 36.0 Å². The van der Waals surface area contributed by atoms with Gasteiger partial charge >= 0.3 is 0 Å². The molecule has 0 aliphatic carbocycles. The lowest BCUT2D eigenvalue weighted by molar-refractivity contribution is 0.0741. The molecule has 0 aromatic heterocycles. The summed E-state index contributed by atoms with van der Waals surface area (Å²) in [5.41, 5.74) is 6.16. The number of thiocarbonyl (C=S) groups is 1. The first-order valence-corrected chi connectivity index (χ1v) is 7.96. The summed E-state index contributed by atoms with van der Waals surface area (Å²) in [6.07, 6.45) is 0.533. The van der Waals surface area contributed by atoms with E-state index in [1.165, 1.54) is 0 Å². The van der Waals surface area contributed by atoms with E-state index in [1.807, 2.05) is 0 Å². The Bertz CT molecular complexity index is 520. The lowest BCUT2D eigenvalue weighted by Gasteiger charge is -2.24. The van der Waals surface area contributed by atoms with Crippen molar-refractivity contribution in [1.82, 2.24) is 4.90 Å². The van der Waals surface area contributed by atoms with Gasteiger partial charge in [-0.1, -0.05) is 26.1 Å². The van der Waals surface area contributed by atoms with E-state index < -0.39 is 0 Å². The molecule has 116 valence electrons. The number of hydrogen-bond acceptors (Lipinski definition) is 3. The van der Waals surface area contributed by atoms with Gasteiger partial charge in [0.1, 0.15) is 5.75 Å². The van der Waals surface area contributed by atoms with Gasteiger partial charge in [0.05, 0.1) is 16.6 Å². The maximum Gasteiger partial charge on any atom is 0.253 e. The molecule has 2 N–H and O–H groups in total. The van der Waals surface area contributed by atoms with Crippen LogP contribution in [0.1, 0.15) is 30.6 Å². The first-order chi connectivity index (χ1) is 9.85. The van der Waals surface area contributed by atoms with Crippen molar-refractivity contribution in [3.05, 3.63) is 28.2 Å². The molecule has 0 spiro atoms. The predicted molar refractivity (Wildman–Crippen MR) is 92.8 cm³/mol. The van der Waals surface area contributed by atoms with E-state index in [0.29, 0.717) is 41.7 Å². The van der Waals surface area contributed by atoms with E-state index in [2.05, 4.69) is 29.8 Å². The molecule has 0 aliphatic heterocycles. The zero-order chi connectivity index (χ0) is 16.0. The molecule has 1 aromatic rings. The van der Waals surface area contributed by atoms with Crippen LogP contribution in [0.3, 0.4) is 0 Å². The summed E-state index contributed by atoms with van der Waals surface area (Å²) >= 11 is 8.30. The fourth-order valence-electron chi connectivity index (χ4n) is 1.94. The molecule has 0 aliphatic rings. The summed E-state index contributed by atoms with van der Waals surface area (Å²) in [7, 11) is 1.59. The number of ether oxygens (including phenoxy) is 1. The second-order valence-electron chi connectivity index (χ2n) is 5.21. The van der Waals surface area contributed by atoms with Crippen LogP contribution in [0.2, 0.25) is 0 Å². The highest BCUT2D eigenvalue weighted by Gasteiger charge is 2.18. The molecular weight excluding hydrogens is 352 g/mol. The number of carbonyl (C=O) groups excluding carboxylic acids is 1. The van der Waals surface area contributed by atoms with E-state index in [1.54, 1.807) is 30.2 Å². The summed E-state index contributed by atoms with van der Waals surface area (Å²) in [4.78, 5) is 14.8.